The molecule has 33 heavy (non-hydrogen) atoms. The second-order valence-electron chi connectivity index (χ2n) is 7.68. The average molecular weight is 468 g/mol. The Bertz CT molecular complexity index is 1130. The highest BCUT2D eigenvalue weighted by Crippen LogP contribution is 2.23. The third-order valence-corrected chi connectivity index (χ3v) is 5.20. The first-order valence-corrected chi connectivity index (χ1v) is 10.0. The molecule has 1 aromatic heterocycles. The predicted octanol–water partition coefficient (Wildman–Crippen LogP) is 1.31. The summed E-state index contributed by atoms with van der Waals surface area (Å²) in [6.07, 6.45) is 1.08. The summed E-state index contributed by atoms with van der Waals surface area (Å²) < 4.78 is 47.1. The molecule has 1 aliphatic heterocycles. The van der Waals surface area contributed by atoms with Gasteiger partial charge in [-0.1, -0.05) is 0 Å². The molecule has 0 fully saturated rings. The van der Waals surface area contributed by atoms with Crippen LogP contribution in [0.4, 0.5) is 13.2 Å². The molecule has 0 aliphatic carbocycles. The van der Waals surface area contributed by atoms with Crippen LogP contribution in [0, 0.1) is 17.5 Å². The van der Waals surface area contributed by atoms with Gasteiger partial charge in [0.15, 0.2) is 11.4 Å². The van der Waals surface area contributed by atoms with Gasteiger partial charge in [-0.3, -0.25) is 24.1 Å². The van der Waals surface area contributed by atoms with Crippen molar-refractivity contribution in [2.24, 2.45) is 0 Å². The Morgan fingerprint density at radius 3 is 2.42 bits per heavy atom. The van der Waals surface area contributed by atoms with Crippen molar-refractivity contribution < 1.29 is 32.6 Å². The van der Waals surface area contributed by atoms with Gasteiger partial charge in [0.25, 0.3) is 11.8 Å². The Hall–Kier alpha value is -3.54. The van der Waals surface area contributed by atoms with Gasteiger partial charge in [0.1, 0.15) is 29.7 Å². The number of ether oxygens (including phenoxy) is 1. The number of amides is 2. The minimum Gasteiger partial charge on any atom is -0.502 e. The first-order chi connectivity index (χ1) is 15.6. The number of carbonyl (C=O) groups is 2. The van der Waals surface area contributed by atoms with E-state index in [1.165, 1.54) is 16.7 Å². The first kappa shape index (κ1) is 24.1. The summed E-state index contributed by atoms with van der Waals surface area (Å²) in [5, 5.41) is 14.3. The summed E-state index contributed by atoms with van der Waals surface area (Å²) in [5.74, 6) is -6.10. The van der Waals surface area contributed by atoms with E-state index in [1.54, 1.807) is 18.9 Å². The lowest BCUT2D eigenvalue weighted by molar-refractivity contribution is 0.0618. The number of nitrogens with zero attached hydrogens (tertiary/aromatic N) is 3. The smallest absolute Gasteiger partial charge is 0.278 e. The van der Waals surface area contributed by atoms with E-state index in [1.807, 2.05) is 0 Å². The number of methoxy groups -OCH3 is 1. The molecule has 1 aliphatic rings. The number of pyridine rings is 1. The largest absolute Gasteiger partial charge is 0.502 e. The molecule has 0 unspecified atom stereocenters. The minimum atomic E-state index is -1.21. The van der Waals surface area contributed by atoms with Crippen LogP contribution in [-0.4, -0.2) is 59.5 Å². The number of aromatic hydroxyl groups is 1. The third-order valence-electron chi connectivity index (χ3n) is 5.20. The van der Waals surface area contributed by atoms with Crippen molar-refractivity contribution in [3.63, 3.8) is 0 Å². The Morgan fingerprint density at radius 1 is 1.21 bits per heavy atom. The monoisotopic (exact) mass is 468 g/mol. The van der Waals surface area contributed by atoms with Crippen molar-refractivity contribution in [2.75, 3.05) is 31.9 Å². The van der Waals surface area contributed by atoms with Crippen LogP contribution < -0.4 is 15.8 Å². The minimum absolute atomic E-state index is 0.0994. The molecule has 2 amide bonds. The highest BCUT2D eigenvalue weighted by Gasteiger charge is 2.35. The Balaban J connectivity index is 1.98. The lowest BCUT2D eigenvalue weighted by Gasteiger charge is -2.41. The second-order valence-corrected chi connectivity index (χ2v) is 7.68. The van der Waals surface area contributed by atoms with E-state index in [0.29, 0.717) is 12.1 Å². The lowest BCUT2D eigenvalue weighted by Crippen LogP contribution is -2.57. The molecule has 0 saturated heterocycles. The highest BCUT2D eigenvalue weighted by molar-refractivity contribution is 5.99. The lowest BCUT2D eigenvalue weighted by atomic mass is 10.1. The quantitative estimate of drug-likeness (QED) is 0.635. The number of halogens is 3. The van der Waals surface area contributed by atoms with Crippen LogP contribution in [0.5, 0.6) is 5.75 Å². The van der Waals surface area contributed by atoms with E-state index < -0.39 is 58.1 Å². The molecule has 0 bridgehead atoms. The number of rotatable bonds is 7. The number of hydrogen-bond donors (Lipinski definition) is 2. The summed E-state index contributed by atoms with van der Waals surface area (Å²) in [7, 11) is 1.48. The van der Waals surface area contributed by atoms with Gasteiger partial charge in [0.05, 0.1) is 13.2 Å². The Morgan fingerprint density at radius 2 is 1.85 bits per heavy atom. The van der Waals surface area contributed by atoms with Crippen LogP contribution in [0.15, 0.2) is 23.1 Å². The van der Waals surface area contributed by atoms with Crippen molar-refractivity contribution >= 4 is 11.8 Å². The molecular weight excluding hydrogens is 445 g/mol. The van der Waals surface area contributed by atoms with Gasteiger partial charge in [-0.2, -0.15) is 0 Å². The molecule has 2 heterocycles. The maximum atomic E-state index is 13.8. The number of nitrogens with one attached hydrogen (secondary N) is 1. The number of hydrogen-bond acceptors (Lipinski definition) is 6. The standard InChI is InChI=1S/C21H23F3N4O5/c1-11(2)27-10-26(4-5-33-3)28-9-14(18(29)19(30)17(28)21(27)32)20(31)25-8-13-15(23)6-12(22)7-16(13)24/h6-7,9,11,30H,4-5,8,10H2,1-3H3,(H,25,31). The molecule has 3 rings (SSSR count). The predicted molar refractivity (Wildman–Crippen MR) is 111 cm³/mol. The maximum Gasteiger partial charge on any atom is 0.278 e. The number of aromatic nitrogens is 1. The summed E-state index contributed by atoms with van der Waals surface area (Å²) in [6.45, 7) is 3.47. The molecule has 0 saturated carbocycles. The van der Waals surface area contributed by atoms with Crippen LogP contribution in [0.2, 0.25) is 0 Å². The first-order valence-electron chi connectivity index (χ1n) is 10.0. The van der Waals surface area contributed by atoms with Gasteiger partial charge in [-0.25, -0.2) is 13.2 Å². The molecule has 12 heteroatoms. The Kier molecular flexibility index (Phi) is 6.96. The van der Waals surface area contributed by atoms with Crippen molar-refractivity contribution in [3.8, 4) is 5.75 Å². The van der Waals surface area contributed by atoms with Crippen molar-refractivity contribution in [1.82, 2.24) is 14.9 Å². The molecule has 2 N–H and O–H groups in total. The van der Waals surface area contributed by atoms with Gasteiger partial charge >= 0.3 is 0 Å². The summed E-state index contributed by atoms with van der Waals surface area (Å²) >= 11 is 0. The molecule has 9 nitrogen and oxygen atoms in total. The van der Waals surface area contributed by atoms with Crippen molar-refractivity contribution in [2.45, 2.75) is 26.4 Å². The molecule has 0 atom stereocenters. The van der Waals surface area contributed by atoms with Crippen LogP contribution in [-0.2, 0) is 11.3 Å². The van der Waals surface area contributed by atoms with Crippen LogP contribution >= 0.6 is 0 Å². The maximum absolute atomic E-state index is 13.8. The van der Waals surface area contributed by atoms with E-state index in [9.17, 15) is 32.7 Å². The fourth-order valence-electron chi connectivity index (χ4n) is 3.40. The van der Waals surface area contributed by atoms with Gasteiger partial charge in [-0.15, -0.1) is 0 Å². The average Bonchev–Trinajstić information content (AvgIpc) is 2.74. The van der Waals surface area contributed by atoms with Crippen LogP contribution in [0.25, 0.3) is 0 Å². The van der Waals surface area contributed by atoms with Crippen molar-refractivity contribution in [1.29, 1.82) is 0 Å². The summed E-state index contributed by atoms with van der Waals surface area (Å²) in [6, 6.07) is 0.683. The molecule has 178 valence electrons. The van der Waals surface area contributed by atoms with Crippen molar-refractivity contribution in [3.05, 3.63) is 62.8 Å². The Labute approximate surface area is 186 Å². The van der Waals surface area contributed by atoms with Gasteiger partial charge in [0, 0.05) is 43.6 Å². The van der Waals surface area contributed by atoms with E-state index in [4.69, 9.17) is 4.74 Å². The second kappa shape index (κ2) is 9.53. The van der Waals surface area contributed by atoms with E-state index in [-0.39, 0.29) is 31.6 Å². The molecule has 0 radical (unpaired) electrons. The topological polar surface area (TPSA) is 104 Å². The molecular formula is C21H23F3N4O5. The van der Waals surface area contributed by atoms with E-state index in [0.717, 1.165) is 6.20 Å². The molecule has 0 spiro atoms. The molecule has 2 aromatic rings. The SMILES string of the molecule is COCCN1CN(C(C)C)C(=O)c2c(O)c(=O)c(C(=O)NCc3c(F)cc(F)cc3F)cn21. The number of fused-ring (bicyclic) bond motifs is 1. The zero-order chi connectivity index (χ0) is 24.4. The third kappa shape index (κ3) is 4.65. The summed E-state index contributed by atoms with van der Waals surface area (Å²) in [4.78, 5) is 39.6. The number of carbonyl (C=O) groups excluding carboxylic acids is 2. The normalized spacial score (nSPS) is 13.5. The van der Waals surface area contributed by atoms with Gasteiger partial charge < -0.3 is 20.1 Å². The fraction of sp³-hybridized carbons (Fsp3) is 0.381. The van der Waals surface area contributed by atoms with Crippen LogP contribution in [0.1, 0.15) is 40.3 Å². The van der Waals surface area contributed by atoms with Gasteiger partial charge in [0.2, 0.25) is 5.43 Å². The van der Waals surface area contributed by atoms with Crippen LogP contribution in [0.3, 0.4) is 0 Å². The number of benzene rings is 1. The fourth-order valence-corrected chi connectivity index (χ4v) is 3.40. The molecule has 1 aromatic carbocycles. The zero-order valence-corrected chi connectivity index (χ0v) is 18.2. The summed E-state index contributed by atoms with van der Waals surface area (Å²) in [5.41, 5.74) is -2.59. The highest BCUT2D eigenvalue weighted by atomic mass is 19.1. The van der Waals surface area contributed by atoms with E-state index >= 15 is 0 Å². The van der Waals surface area contributed by atoms with Gasteiger partial charge in [-0.05, 0) is 13.8 Å². The zero-order valence-electron chi connectivity index (χ0n) is 18.2. The van der Waals surface area contributed by atoms with E-state index in [2.05, 4.69) is 5.32 Å².